The number of rotatable bonds is 4. The number of ether oxygens (including phenoxy) is 1. The highest BCUT2D eigenvalue weighted by molar-refractivity contribution is 5.88. The van der Waals surface area contributed by atoms with Gasteiger partial charge in [0.1, 0.15) is 5.75 Å². The van der Waals surface area contributed by atoms with Gasteiger partial charge < -0.3 is 4.74 Å². The summed E-state index contributed by atoms with van der Waals surface area (Å²) in [5, 5.41) is 4.07. The van der Waals surface area contributed by atoms with Crippen molar-refractivity contribution < 1.29 is 9.53 Å². The summed E-state index contributed by atoms with van der Waals surface area (Å²) in [4.78, 5) is 11.6. The van der Waals surface area contributed by atoms with Crippen molar-refractivity contribution in [3.63, 3.8) is 0 Å². The van der Waals surface area contributed by atoms with Crippen LogP contribution in [0.1, 0.15) is 33.3 Å². The van der Waals surface area contributed by atoms with Crippen molar-refractivity contribution in [2.24, 2.45) is 10.5 Å². The van der Waals surface area contributed by atoms with Crippen molar-refractivity contribution in [1.82, 2.24) is 5.43 Å². The third-order valence-electron chi connectivity index (χ3n) is 2.89. The molecule has 0 aliphatic heterocycles. The highest BCUT2D eigenvalue weighted by Gasteiger charge is 2.14. The number of carbonyl (C=O) groups is 1. The number of carbonyl (C=O) groups excluding carboxylic acids is 1. The van der Waals surface area contributed by atoms with E-state index in [0.717, 1.165) is 11.3 Å². The second-order valence-electron chi connectivity index (χ2n) is 5.54. The fourth-order valence-corrected chi connectivity index (χ4v) is 1.21. The van der Waals surface area contributed by atoms with Gasteiger partial charge in [0.15, 0.2) is 6.61 Å². The molecule has 0 unspecified atom stereocenters. The third kappa shape index (κ3) is 5.12. The van der Waals surface area contributed by atoms with E-state index in [9.17, 15) is 4.79 Å². The molecule has 0 saturated carbocycles. The molecular weight excluding hydrogens is 240 g/mol. The Morgan fingerprint density at radius 1 is 1.32 bits per heavy atom. The fraction of sp³-hybridized carbons (Fsp3) is 0.467. The van der Waals surface area contributed by atoms with Gasteiger partial charge in [-0.15, -0.1) is 0 Å². The lowest BCUT2D eigenvalue weighted by molar-refractivity contribution is -0.123. The zero-order valence-electron chi connectivity index (χ0n) is 12.3. The van der Waals surface area contributed by atoms with Crippen molar-refractivity contribution >= 4 is 11.6 Å². The van der Waals surface area contributed by atoms with Gasteiger partial charge in [0.2, 0.25) is 0 Å². The topological polar surface area (TPSA) is 50.7 Å². The van der Waals surface area contributed by atoms with Crippen LogP contribution in [-0.2, 0) is 4.79 Å². The molecule has 0 aromatic heterocycles. The van der Waals surface area contributed by atoms with Crippen LogP contribution in [0.5, 0.6) is 5.75 Å². The number of aryl methyl sites for hydroxylation is 1. The molecule has 1 rings (SSSR count). The van der Waals surface area contributed by atoms with Crippen LogP contribution in [0.2, 0.25) is 0 Å². The standard InChI is InChI=1S/C15H22N2O2/c1-11-8-6-7-9-13(11)19-10-14(18)17-16-12(2)15(3,4)5/h6-9H,10H2,1-5H3,(H,17,18)/b16-12+. The van der Waals surface area contributed by atoms with E-state index < -0.39 is 0 Å². The molecule has 0 heterocycles. The molecule has 104 valence electrons. The van der Waals surface area contributed by atoms with E-state index in [1.54, 1.807) is 0 Å². The Labute approximate surface area is 114 Å². The second kappa shape index (κ2) is 6.36. The molecule has 0 atom stereocenters. The van der Waals surface area contributed by atoms with Gasteiger partial charge in [-0.25, -0.2) is 5.43 Å². The maximum absolute atomic E-state index is 11.6. The second-order valence-corrected chi connectivity index (χ2v) is 5.54. The predicted octanol–water partition coefficient (Wildman–Crippen LogP) is 2.91. The average Bonchev–Trinajstić information content (AvgIpc) is 2.33. The van der Waals surface area contributed by atoms with Crippen molar-refractivity contribution in [1.29, 1.82) is 0 Å². The number of nitrogens with one attached hydrogen (secondary N) is 1. The van der Waals surface area contributed by atoms with Gasteiger partial charge in [0, 0.05) is 11.1 Å². The van der Waals surface area contributed by atoms with E-state index in [-0.39, 0.29) is 17.9 Å². The smallest absolute Gasteiger partial charge is 0.277 e. The predicted molar refractivity (Wildman–Crippen MR) is 77.4 cm³/mol. The average molecular weight is 262 g/mol. The molecule has 0 bridgehead atoms. The molecule has 0 radical (unpaired) electrons. The lowest BCUT2D eigenvalue weighted by Crippen LogP contribution is -2.28. The molecule has 1 N–H and O–H groups in total. The maximum atomic E-state index is 11.6. The van der Waals surface area contributed by atoms with Crippen LogP contribution in [0.4, 0.5) is 0 Å². The highest BCUT2D eigenvalue weighted by Crippen LogP contribution is 2.16. The molecule has 1 aromatic rings. The van der Waals surface area contributed by atoms with Gasteiger partial charge in [-0.1, -0.05) is 39.0 Å². The summed E-state index contributed by atoms with van der Waals surface area (Å²) in [6.07, 6.45) is 0. The molecule has 4 nitrogen and oxygen atoms in total. The van der Waals surface area contributed by atoms with E-state index in [0.29, 0.717) is 5.75 Å². The number of hydrogen-bond donors (Lipinski definition) is 1. The first-order valence-electron chi connectivity index (χ1n) is 6.33. The highest BCUT2D eigenvalue weighted by atomic mass is 16.5. The Morgan fingerprint density at radius 2 is 1.95 bits per heavy atom. The van der Waals surface area contributed by atoms with Crippen LogP contribution in [0, 0.1) is 12.3 Å². The zero-order valence-corrected chi connectivity index (χ0v) is 12.3. The minimum absolute atomic E-state index is 0.0359. The molecular formula is C15H22N2O2. The summed E-state index contributed by atoms with van der Waals surface area (Å²) in [5.74, 6) is 0.459. The fourth-order valence-electron chi connectivity index (χ4n) is 1.21. The SMILES string of the molecule is C/C(=N\NC(=O)COc1ccccc1C)C(C)(C)C. The van der Waals surface area contributed by atoms with Crippen molar-refractivity contribution in [2.45, 2.75) is 34.6 Å². The Hall–Kier alpha value is -1.84. The minimum atomic E-state index is -0.258. The van der Waals surface area contributed by atoms with E-state index in [1.807, 2.05) is 58.9 Å². The molecule has 0 aliphatic carbocycles. The van der Waals surface area contributed by atoms with Crippen molar-refractivity contribution in [3.05, 3.63) is 29.8 Å². The van der Waals surface area contributed by atoms with Gasteiger partial charge in [-0.3, -0.25) is 4.79 Å². The molecule has 0 aliphatic rings. The van der Waals surface area contributed by atoms with Crippen molar-refractivity contribution in [3.8, 4) is 5.75 Å². The van der Waals surface area contributed by atoms with Gasteiger partial charge in [0.05, 0.1) is 0 Å². The molecule has 19 heavy (non-hydrogen) atoms. The molecule has 0 spiro atoms. The first kappa shape index (κ1) is 15.2. The van der Waals surface area contributed by atoms with E-state index in [2.05, 4.69) is 10.5 Å². The van der Waals surface area contributed by atoms with Gasteiger partial charge in [-0.05, 0) is 25.5 Å². The lowest BCUT2D eigenvalue weighted by atomic mass is 9.91. The Morgan fingerprint density at radius 3 is 2.53 bits per heavy atom. The summed E-state index contributed by atoms with van der Waals surface area (Å²) < 4.78 is 5.44. The number of hydrazone groups is 1. The summed E-state index contributed by atoms with van der Waals surface area (Å²) in [5.41, 5.74) is 4.33. The normalized spacial score (nSPS) is 12.2. The van der Waals surface area contributed by atoms with Gasteiger partial charge in [0.25, 0.3) is 5.91 Å². The number of amides is 1. The number of benzene rings is 1. The minimum Gasteiger partial charge on any atom is -0.483 e. The van der Waals surface area contributed by atoms with Crippen LogP contribution in [-0.4, -0.2) is 18.2 Å². The number of para-hydroxylation sites is 1. The first-order valence-corrected chi connectivity index (χ1v) is 6.33. The van der Waals surface area contributed by atoms with Crippen LogP contribution in [0.15, 0.2) is 29.4 Å². The monoisotopic (exact) mass is 262 g/mol. The molecule has 1 amide bonds. The Bertz CT molecular complexity index is 473. The Kier molecular flexibility index (Phi) is 5.10. The van der Waals surface area contributed by atoms with Crippen LogP contribution < -0.4 is 10.2 Å². The van der Waals surface area contributed by atoms with E-state index in [4.69, 9.17) is 4.74 Å². The molecule has 0 fully saturated rings. The van der Waals surface area contributed by atoms with Crippen LogP contribution >= 0.6 is 0 Å². The third-order valence-corrected chi connectivity index (χ3v) is 2.89. The zero-order chi connectivity index (χ0) is 14.5. The lowest BCUT2D eigenvalue weighted by Gasteiger charge is -2.17. The number of hydrogen-bond acceptors (Lipinski definition) is 3. The molecule has 4 heteroatoms. The number of nitrogens with zero attached hydrogens (tertiary/aromatic N) is 1. The summed E-state index contributed by atoms with van der Waals surface area (Å²) in [7, 11) is 0. The van der Waals surface area contributed by atoms with E-state index >= 15 is 0 Å². The van der Waals surface area contributed by atoms with Crippen molar-refractivity contribution in [2.75, 3.05) is 6.61 Å². The van der Waals surface area contributed by atoms with E-state index in [1.165, 1.54) is 0 Å². The molecule has 0 saturated heterocycles. The largest absolute Gasteiger partial charge is 0.483 e. The van der Waals surface area contributed by atoms with Crippen LogP contribution in [0.3, 0.4) is 0 Å². The summed E-state index contributed by atoms with van der Waals surface area (Å²) in [6.45, 7) is 9.93. The summed E-state index contributed by atoms with van der Waals surface area (Å²) >= 11 is 0. The van der Waals surface area contributed by atoms with Gasteiger partial charge >= 0.3 is 0 Å². The Balaban J connectivity index is 2.48. The molecule has 1 aromatic carbocycles. The first-order chi connectivity index (χ1) is 8.80. The summed E-state index contributed by atoms with van der Waals surface area (Å²) in [6, 6.07) is 7.59. The maximum Gasteiger partial charge on any atom is 0.277 e. The van der Waals surface area contributed by atoms with Crippen LogP contribution in [0.25, 0.3) is 0 Å². The van der Waals surface area contributed by atoms with Gasteiger partial charge in [-0.2, -0.15) is 5.10 Å². The quantitative estimate of drug-likeness (QED) is 0.670.